The average Bonchev–Trinajstić information content (AvgIpc) is 3.26. The zero-order valence-corrected chi connectivity index (χ0v) is 20.0. The van der Waals surface area contributed by atoms with Crippen molar-refractivity contribution < 1.29 is 24.6 Å². The smallest absolute Gasteiger partial charge is 0.336 e. The van der Waals surface area contributed by atoms with Gasteiger partial charge in [-0.3, -0.25) is 9.59 Å². The van der Waals surface area contributed by atoms with Crippen LogP contribution >= 0.6 is 0 Å². The molecule has 37 heavy (non-hydrogen) atoms. The number of aromatic amines is 1. The molecule has 0 fully saturated rings. The number of benzene rings is 1. The van der Waals surface area contributed by atoms with Crippen LogP contribution < -0.4 is 15.8 Å². The van der Waals surface area contributed by atoms with Gasteiger partial charge < -0.3 is 30.2 Å². The lowest BCUT2D eigenvalue weighted by atomic mass is 9.95. The summed E-state index contributed by atoms with van der Waals surface area (Å²) >= 11 is 0. The van der Waals surface area contributed by atoms with Gasteiger partial charge in [0.15, 0.2) is 11.8 Å². The molecule has 1 aliphatic carbocycles. The molecule has 0 amide bonds. The minimum Gasteiger partial charge on any atom is -0.481 e. The van der Waals surface area contributed by atoms with Gasteiger partial charge in [0.25, 0.3) is 5.56 Å². The maximum atomic E-state index is 12.5. The highest BCUT2D eigenvalue weighted by molar-refractivity contribution is 6.00. The zero-order chi connectivity index (χ0) is 26.7. The van der Waals surface area contributed by atoms with E-state index in [0.717, 1.165) is 24.0 Å². The molecule has 2 heterocycles. The van der Waals surface area contributed by atoms with Crippen molar-refractivity contribution in [3.63, 3.8) is 0 Å². The van der Waals surface area contributed by atoms with Crippen molar-refractivity contribution in [2.45, 2.75) is 44.2 Å². The first-order valence-corrected chi connectivity index (χ1v) is 11.6. The number of carbonyl (C=O) groups is 3. The van der Waals surface area contributed by atoms with E-state index >= 15 is 0 Å². The number of nitrogens with zero attached hydrogens (tertiary/aromatic N) is 3. The first-order valence-electron chi connectivity index (χ1n) is 11.6. The Hall–Kier alpha value is -4.72. The molecule has 3 aromatic rings. The van der Waals surface area contributed by atoms with Crippen LogP contribution in [0.4, 0.5) is 11.5 Å². The third kappa shape index (κ3) is 4.99. The molecule has 4 N–H and O–H groups in total. The van der Waals surface area contributed by atoms with Crippen LogP contribution in [0, 0.1) is 19.3 Å². The summed E-state index contributed by atoms with van der Waals surface area (Å²) in [6.07, 6.45) is 7.92. The van der Waals surface area contributed by atoms with Crippen molar-refractivity contribution in [1.29, 1.82) is 0 Å². The van der Waals surface area contributed by atoms with Gasteiger partial charge in [0, 0.05) is 6.42 Å². The molecule has 0 saturated carbocycles. The summed E-state index contributed by atoms with van der Waals surface area (Å²) in [5.41, 5.74) is 1.02. The molecule has 0 saturated heterocycles. The molecule has 0 bridgehead atoms. The second-order valence-corrected chi connectivity index (χ2v) is 8.92. The van der Waals surface area contributed by atoms with Gasteiger partial charge in [0.2, 0.25) is 0 Å². The van der Waals surface area contributed by atoms with Crippen molar-refractivity contribution in [3.05, 3.63) is 57.8 Å². The highest BCUT2D eigenvalue weighted by atomic mass is 16.4. The number of hydrogen-bond acceptors (Lipinski definition) is 8. The first-order chi connectivity index (χ1) is 17.7. The Balaban J connectivity index is 1.64. The summed E-state index contributed by atoms with van der Waals surface area (Å²) in [6, 6.07) is 6.87. The first kappa shape index (κ1) is 25.4. The van der Waals surface area contributed by atoms with E-state index in [4.69, 9.17) is 11.5 Å². The Morgan fingerprint density at radius 1 is 1.35 bits per heavy atom. The van der Waals surface area contributed by atoms with Crippen molar-refractivity contribution in [2.75, 3.05) is 16.8 Å². The van der Waals surface area contributed by atoms with Gasteiger partial charge in [-0.25, -0.2) is 14.8 Å². The van der Waals surface area contributed by atoms with E-state index in [1.165, 1.54) is 12.3 Å². The third-order valence-corrected chi connectivity index (χ3v) is 6.52. The fourth-order valence-electron chi connectivity index (χ4n) is 4.67. The number of hydrogen-bond donors (Lipinski definition) is 4. The van der Waals surface area contributed by atoms with E-state index in [1.807, 2.05) is 17.0 Å². The molecule has 1 unspecified atom stereocenters. The molecule has 11 heteroatoms. The quantitative estimate of drug-likeness (QED) is 0.183. The Labute approximate surface area is 211 Å². The summed E-state index contributed by atoms with van der Waals surface area (Å²) in [5, 5.41) is 21.6. The summed E-state index contributed by atoms with van der Waals surface area (Å²) in [4.78, 5) is 60.3. The van der Waals surface area contributed by atoms with Gasteiger partial charge in [0.05, 0.1) is 35.4 Å². The monoisotopic (exact) mass is 503 g/mol. The molecule has 11 nitrogen and oxygen atoms in total. The minimum atomic E-state index is -2.13. The summed E-state index contributed by atoms with van der Waals surface area (Å²) in [5.74, 6) is 0.572. The molecule has 2 atom stereocenters. The molecule has 1 aliphatic rings. The Morgan fingerprint density at radius 2 is 2.14 bits per heavy atom. The summed E-state index contributed by atoms with van der Waals surface area (Å²) in [6.45, 7) is 1.99. The van der Waals surface area contributed by atoms with Gasteiger partial charge in [-0.15, -0.1) is 6.42 Å². The van der Waals surface area contributed by atoms with E-state index in [-0.39, 0.29) is 30.2 Å². The zero-order valence-electron chi connectivity index (χ0n) is 20.0. The number of carboxylic acid groups (broad SMARTS) is 2. The van der Waals surface area contributed by atoms with E-state index in [1.54, 1.807) is 13.0 Å². The predicted octanol–water partition coefficient (Wildman–Crippen LogP) is 2.05. The lowest BCUT2D eigenvalue weighted by molar-refractivity contribution is -0.145. The van der Waals surface area contributed by atoms with E-state index in [0.29, 0.717) is 22.4 Å². The number of fused-ring (bicyclic) bond motifs is 2. The molecule has 0 aliphatic heterocycles. The number of anilines is 2. The van der Waals surface area contributed by atoms with Crippen LogP contribution in [0.3, 0.4) is 0 Å². The second-order valence-electron chi connectivity index (χ2n) is 8.92. The van der Waals surface area contributed by atoms with Gasteiger partial charge in [-0.05, 0) is 61.6 Å². The number of aryl methyl sites for hydroxylation is 2. The Bertz CT molecular complexity index is 1480. The van der Waals surface area contributed by atoms with Crippen LogP contribution in [0.25, 0.3) is 10.9 Å². The fraction of sp³-hybridized carbons (Fsp3) is 0.308. The van der Waals surface area contributed by atoms with Crippen LogP contribution in [0.2, 0.25) is 0 Å². The number of aromatic nitrogens is 3. The lowest BCUT2D eigenvalue weighted by Crippen LogP contribution is -2.48. The second kappa shape index (κ2) is 10.1. The standard InChI is InChI=1S/C26H25N5O6/c1-3-10-31(21-6-4-16-11-20-19(12-18(16)21)24(35)29-15(2)28-20)17-5-7-22(27-13-17)30-26(14-32,25(36)37)9-8-23(33)34/h1,5,7,11-14,21H,4,6,8-10H2,2H3,(H,27,30)(H,33,34)(H,36,37)(H,28,29,35)/t21?,26-/m1/s1. The normalized spacial score (nSPS) is 15.8. The van der Waals surface area contributed by atoms with Crippen molar-refractivity contribution >= 4 is 40.6 Å². The highest BCUT2D eigenvalue weighted by Gasteiger charge is 2.39. The highest BCUT2D eigenvalue weighted by Crippen LogP contribution is 2.39. The van der Waals surface area contributed by atoms with Crippen molar-refractivity contribution in [1.82, 2.24) is 15.0 Å². The van der Waals surface area contributed by atoms with E-state index < -0.39 is 30.3 Å². The van der Waals surface area contributed by atoms with Crippen molar-refractivity contribution in [3.8, 4) is 12.3 Å². The number of rotatable bonds is 10. The van der Waals surface area contributed by atoms with E-state index in [2.05, 4.69) is 26.2 Å². The number of carboxylic acids is 2. The molecule has 0 radical (unpaired) electrons. The van der Waals surface area contributed by atoms with Crippen LogP contribution in [0.5, 0.6) is 0 Å². The van der Waals surface area contributed by atoms with Gasteiger partial charge in [-0.1, -0.05) is 5.92 Å². The maximum absolute atomic E-state index is 12.5. The summed E-state index contributed by atoms with van der Waals surface area (Å²) in [7, 11) is 0. The number of nitrogens with one attached hydrogen (secondary N) is 2. The minimum absolute atomic E-state index is 0.0927. The van der Waals surface area contributed by atoms with Gasteiger partial charge >= 0.3 is 11.9 Å². The number of carbonyl (C=O) groups excluding carboxylic acids is 1. The number of terminal acetylenes is 1. The summed E-state index contributed by atoms with van der Waals surface area (Å²) < 4.78 is 0. The third-order valence-electron chi connectivity index (χ3n) is 6.52. The van der Waals surface area contributed by atoms with Crippen LogP contribution in [-0.4, -0.2) is 55.5 Å². The van der Waals surface area contributed by atoms with E-state index in [9.17, 15) is 24.3 Å². The Kier molecular flexibility index (Phi) is 6.93. The predicted molar refractivity (Wildman–Crippen MR) is 136 cm³/mol. The number of aliphatic carboxylic acids is 2. The number of pyridine rings is 1. The molecule has 2 aromatic heterocycles. The SMILES string of the molecule is C#CCN(c1ccc(N[C@@](C=O)(CCC(=O)O)C(=O)O)nc1)C1CCc2cc3nc(C)[nH]c(=O)c3cc21. The lowest BCUT2D eigenvalue weighted by Gasteiger charge is -2.30. The largest absolute Gasteiger partial charge is 0.481 e. The van der Waals surface area contributed by atoms with Gasteiger partial charge in [-0.2, -0.15) is 0 Å². The topological polar surface area (TPSA) is 166 Å². The van der Waals surface area contributed by atoms with Crippen LogP contribution in [0.15, 0.2) is 35.3 Å². The molecule has 190 valence electrons. The number of aldehydes is 1. The molecule has 4 rings (SSSR count). The van der Waals surface area contributed by atoms with Crippen LogP contribution in [-0.2, 0) is 20.8 Å². The fourth-order valence-corrected chi connectivity index (χ4v) is 4.67. The van der Waals surface area contributed by atoms with Crippen molar-refractivity contribution in [2.24, 2.45) is 0 Å². The molecular weight excluding hydrogens is 478 g/mol. The van der Waals surface area contributed by atoms with Gasteiger partial charge in [0.1, 0.15) is 11.6 Å². The molecular formula is C26H25N5O6. The molecule has 1 aromatic carbocycles. The Morgan fingerprint density at radius 3 is 2.76 bits per heavy atom. The molecule has 0 spiro atoms. The van der Waals surface area contributed by atoms with Crippen LogP contribution in [0.1, 0.15) is 42.3 Å². The average molecular weight is 504 g/mol. The maximum Gasteiger partial charge on any atom is 0.336 e. The number of H-pyrrole nitrogens is 1.